The molecule has 1 N–H and O–H groups in total. The quantitative estimate of drug-likeness (QED) is 0.835. The van der Waals surface area contributed by atoms with Crippen molar-refractivity contribution in [2.75, 3.05) is 7.05 Å². The standard InChI is InChI=1S/C17H21NS/c1-3-12-4-6-13(7-5-12)15-10-11-16(19-15)17(18-2)14-8-9-14/h4-7,10-11,14,17-18H,3,8-9H2,1-2H3. The summed E-state index contributed by atoms with van der Waals surface area (Å²) >= 11 is 1.94. The number of hydrogen-bond donors (Lipinski definition) is 1. The number of aryl methyl sites for hydroxylation is 1. The number of benzene rings is 1. The lowest BCUT2D eigenvalue weighted by atomic mass is 10.1. The molecule has 0 radical (unpaired) electrons. The van der Waals surface area contributed by atoms with E-state index in [0.29, 0.717) is 6.04 Å². The van der Waals surface area contributed by atoms with Crippen LogP contribution in [0.5, 0.6) is 0 Å². The predicted molar refractivity (Wildman–Crippen MR) is 83.7 cm³/mol. The van der Waals surface area contributed by atoms with Gasteiger partial charge in [0.15, 0.2) is 0 Å². The topological polar surface area (TPSA) is 12.0 Å². The number of rotatable bonds is 5. The second-order valence-electron chi connectivity index (χ2n) is 5.36. The molecule has 0 amide bonds. The normalized spacial score (nSPS) is 16.5. The van der Waals surface area contributed by atoms with Crippen molar-refractivity contribution < 1.29 is 0 Å². The van der Waals surface area contributed by atoms with E-state index in [2.05, 4.69) is 55.7 Å². The zero-order valence-corrected chi connectivity index (χ0v) is 12.5. The first-order valence-corrected chi connectivity index (χ1v) is 7.99. The fourth-order valence-electron chi connectivity index (χ4n) is 2.62. The zero-order chi connectivity index (χ0) is 13.2. The summed E-state index contributed by atoms with van der Waals surface area (Å²) in [7, 11) is 2.08. The summed E-state index contributed by atoms with van der Waals surface area (Å²) in [6, 6.07) is 14.1. The molecule has 1 atom stereocenters. The number of nitrogens with one attached hydrogen (secondary N) is 1. The van der Waals surface area contributed by atoms with E-state index in [9.17, 15) is 0 Å². The first kappa shape index (κ1) is 12.9. The molecule has 1 aliphatic rings. The van der Waals surface area contributed by atoms with Crippen LogP contribution in [0.3, 0.4) is 0 Å². The Bertz CT molecular complexity index is 537. The molecular formula is C17H21NS. The maximum atomic E-state index is 3.47. The van der Waals surface area contributed by atoms with Crippen molar-refractivity contribution in [1.29, 1.82) is 0 Å². The van der Waals surface area contributed by atoms with Crippen molar-refractivity contribution in [2.24, 2.45) is 5.92 Å². The third-order valence-corrected chi connectivity index (χ3v) is 5.20. The maximum Gasteiger partial charge on any atom is 0.0441 e. The Morgan fingerprint density at radius 2 is 1.89 bits per heavy atom. The van der Waals surface area contributed by atoms with Crippen LogP contribution in [0.1, 0.15) is 36.2 Å². The molecule has 3 rings (SSSR count). The Hall–Kier alpha value is -1.12. The van der Waals surface area contributed by atoms with Crippen LogP contribution in [-0.2, 0) is 6.42 Å². The van der Waals surface area contributed by atoms with Gasteiger partial charge in [0, 0.05) is 15.8 Å². The molecule has 2 heteroatoms. The summed E-state index contributed by atoms with van der Waals surface area (Å²) in [5.41, 5.74) is 2.76. The third-order valence-electron chi connectivity index (χ3n) is 3.98. The van der Waals surface area contributed by atoms with Crippen LogP contribution < -0.4 is 5.32 Å². The lowest BCUT2D eigenvalue weighted by Gasteiger charge is -2.12. The molecule has 2 aromatic rings. The van der Waals surface area contributed by atoms with E-state index < -0.39 is 0 Å². The molecule has 1 aromatic carbocycles. The lowest BCUT2D eigenvalue weighted by Crippen LogP contribution is -2.16. The second kappa shape index (κ2) is 5.48. The molecule has 0 aliphatic heterocycles. The van der Waals surface area contributed by atoms with Crippen LogP contribution in [0.15, 0.2) is 36.4 Å². The molecule has 1 aromatic heterocycles. The first-order valence-electron chi connectivity index (χ1n) is 7.18. The second-order valence-corrected chi connectivity index (χ2v) is 6.47. The summed E-state index contributed by atoms with van der Waals surface area (Å²) in [5, 5.41) is 3.47. The average Bonchev–Trinajstić information content (AvgIpc) is 3.17. The van der Waals surface area contributed by atoms with Gasteiger partial charge in [0.1, 0.15) is 0 Å². The highest BCUT2D eigenvalue weighted by Crippen LogP contribution is 2.44. The molecule has 0 spiro atoms. The smallest absolute Gasteiger partial charge is 0.0441 e. The fraction of sp³-hybridized carbons (Fsp3) is 0.412. The molecule has 1 fully saturated rings. The molecule has 0 saturated heterocycles. The van der Waals surface area contributed by atoms with Crippen molar-refractivity contribution in [2.45, 2.75) is 32.2 Å². The van der Waals surface area contributed by atoms with Crippen LogP contribution in [0.4, 0.5) is 0 Å². The Kier molecular flexibility index (Phi) is 3.72. The van der Waals surface area contributed by atoms with Crippen LogP contribution >= 0.6 is 11.3 Å². The molecule has 1 saturated carbocycles. The Labute approximate surface area is 119 Å². The summed E-state index contributed by atoms with van der Waals surface area (Å²) < 4.78 is 0. The molecule has 100 valence electrons. The van der Waals surface area contributed by atoms with E-state index >= 15 is 0 Å². The van der Waals surface area contributed by atoms with E-state index in [1.54, 1.807) is 0 Å². The molecule has 0 bridgehead atoms. The van der Waals surface area contributed by atoms with Crippen molar-refractivity contribution in [3.63, 3.8) is 0 Å². The van der Waals surface area contributed by atoms with Gasteiger partial charge >= 0.3 is 0 Å². The minimum Gasteiger partial charge on any atom is -0.312 e. The highest BCUT2D eigenvalue weighted by molar-refractivity contribution is 7.15. The summed E-state index contributed by atoms with van der Waals surface area (Å²) in [4.78, 5) is 2.87. The highest BCUT2D eigenvalue weighted by atomic mass is 32.1. The van der Waals surface area contributed by atoms with E-state index in [1.807, 2.05) is 11.3 Å². The molecular weight excluding hydrogens is 250 g/mol. The lowest BCUT2D eigenvalue weighted by molar-refractivity contribution is 0.537. The van der Waals surface area contributed by atoms with Crippen molar-refractivity contribution in [3.05, 3.63) is 46.8 Å². The monoisotopic (exact) mass is 271 g/mol. The van der Waals surface area contributed by atoms with Gasteiger partial charge in [0.2, 0.25) is 0 Å². The molecule has 1 aliphatic carbocycles. The largest absolute Gasteiger partial charge is 0.312 e. The SMILES string of the molecule is CCc1ccc(-c2ccc(C(NC)C3CC3)s2)cc1. The van der Waals surface area contributed by atoms with Gasteiger partial charge in [-0.1, -0.05) is 31.2 Å². The van der Waals surface area contributed by atoms with Crippen LogP contribution in [0, 0.1) is 5.92 Å². The van der Waals surface area contributed by atoms with Crippen molar-refractivity contribution in [1.82, 2.24) is 5.32 Å². The van der Waals surface area contributed by atoms with Gasteiger partial charge in [0.05, 0.1) is 0 Å². The number of thiophene rings is 1. The van der Waals surface area contributed by atoms with Gasteiger partial charge in [-0.2, -0.15) is 0 Å². The maximum absolute atomic E-state index is 3.47. The van der Waals surface area contributed by atoms with Gasteiger partial charge in [0.25, 0.3) is 0 Å². The summed E-state index contributed by atoms with van der Waals surface area (Å²) in [6.45, 7) is 2.20. The Morgan fingerprint density at radius 1 is 1.16 bits per heavy atom. The van der Waals surface area contributed by atoms with Gasteiger partial charge in [-0.3, -0.25) is 0 Å². The predicted octanol–water partition coefficient (Wildman–Crippen LogP) is 4.65. The fourth-order valence-corrected chi connectivity index (χ4v) is 3.84. The Balaban J connectivity index is 1.83. The van der Waals surface area contributed by atoms with Gasteiger partial charge in [-0.25, -0.2) is 0 Å². The van der Waals surface area contributed by atoms with Gasteiger partial charge in [-0.15, -0.1) is 11.3 Å². The highest BCUT2D eigenvalue weighted by Gasteiger charge is 2.32. The van der Waals surface area contributed by atoms with Crippen LogP contribution in [0.25, 0.3) is 10.4 Å². The molecule has 1 unspecified atom stereocenters. The zero-order valence-electron chi connectivity index (χ0n) is 11.6. The molecule has 1 nitrogen and oxygen atoms in total. The minimum atomic E-state index is 0.564. The van der Waals surface area contributed by atoms with E-state index in [4.69, 9.17) is 0 Å². The van der Waals surface area contributed by atoms with Gasteiger partial charge < -0.3 is 5.32 Å². The first-order chi connectivity index (χ1) is 9.31. The number of hydrogen-bond acceptors (Lipinski definition) is 2. The third kappa shape index (κ3) is 2.75. The van der Waals surface area contributed by atoms with Crippen molar-refractivity contribution in [3.8, 4) is 10.4 Å². The molecule has 19 heavy (non-hydrogen) atoms. The minimum absolute atomic E-state index is 0.564. The van der Waals surface area contributed by atoms with E-state index in [-0.39, 0.29) is 0 Å². The van der Waals surface area contributed by atoms with Crippen LogP contribution in [0.2, 0.25) is 0 Å². The van der Waals surface area contributed by atoms with Gasteiger partial charge in [-0.05, 0) is 55.5 Å². The Morgan fingerprint density at radius 3 is 2.47 bits per heavy atom. The molecule has 1 heterocycles. The van der Waals surface area contributed by atoms with E-state index in [1.165, 1.54) is 33.7 Å². The average molecular weight is 271 g/mol. The summed E-state index contributed by atoms with van der Waals surface area (Å²) in [5.74, 6) is 0.860. The van der Waals surface area contributed by atoms with Crippen LogP contribution in [-0.4, -0.2) is 7.05 Å². The summed E-state index contributed by atoms with van der Waals surface area (Å²) in [6.07, 6.45) is 3.87. The van der Waals surface area contributed by atoms with E-state index in [0.717, 1.165) is 12.3 Å². The van der Waals surface area contributed by atoms with Crippen molar-refractivity contribution >= 4 is 11.3 Å².